The van der Waals surface area contributed by atoms with Gasteiger partial charge in [0.25, 0.3) is 0 Å². The first-order chi connectivity index (χ1) is 9.13. The Kier molecular flexibility index (Phi) is 3.13. The molecule has 0 aromatic carbocycles. The zero-order valence-electron chi connectivity index (χ0n) is 11.6. The van der Waals surface area contributed by atoms with Crippen molar-refractivity contribution in [2.75, 3.05) is 6.54 Å². The van der Waals surface area contributed by atoms with E-state index in [-0.39, 0.29) is 23.4 Å². The van der Waals surface area contributed by atoms with Crippen molar-refractivity contribution in [2.24, 2.45) is 11.1 Å². The van der Waals surface area contributed by atoms with Gasteiger partial charge in [-0.15, -0.1) is 0 Å². The second-order valence-electron chi connectivity index (χ2n) is 6.20. The minimum absolute atomic E-state index is 0.0184. The van der Waals surface area contributed by atoms with Crippen molar-refractivity contribution in [1.82, 2.24) is 9.88 Å². The summed E-state index contributed by atoms with van der Waals surface area (Å²) in [4.78, 5) is 18.2. The number of nitrogens with zero attached hydrogens (tertiary/aromatic N) is 1. The Morgan fingerprint density at radius 2 is 2.32 bits per heavy atom. The van der Waals surface area contributed by atoms with Gasteiger partial charge in [0.1, 0.15) is 0 Å². The molecule has 4 heteroatoms. The fraction of sp³-hybridized carbons (Fsp3) is 0.667. The third kappa shape index (κ3) is 1.98. The monoisotopic (exact) mass is 261 g/mol. The number of nitrogens with one attached hydrogen (secondary N) is 1. The predicted molar refractivity (Wildman–Crippen MR) is 74.4 cm³/mol. The van der Waals surface area contributed by atoms with Gasteiger partial charge in [0, 0.05) is 24.5 Å². The number of carbonyl (C=O) groups is 1. The number of nitrogens with two attached hydrogens (primary N) is 1. The van der Waals surface area contributed by atoms with Crippen LogP contribution in [0.3, 0.4) is 0 Å². The van der Waals surface area contributed by atoms with E-state index in [1.54, 1.807) is 0 Å². The van der Waals surface area contributed by atoms with Gasteiger partial charge >= 0.3 is 0 Å². The number of aromatic nitrogens is 1. The summed E-state index contributed by atoms with van der Waals surface area (Å²) in [5, 5.41) is 0. The minimum Gasteiger partial charge on any atom is -0.363 e. The number of carbonyl (C=O) groups excluding carboxylic acids is 1. The van der Waals surface area contributed by atoms with Crippen molar-refractivity contribution in [3.8, 4) is 0 Å². The van der Waals surface area contributed by atoms with Crippen molar-refractivity contribution >= 4 is 5.91 Å². The van der Waals surface area contributed by atoms with Crippen LogP contribution in [-0.4, -0.2) is 28.4 Å². The van der Waals surface area contributed by atoms with Gasteiger partial charge in [-0.05, 0) is 44.7 Å². The molecule has 1 aliphatic carbocycles. The first kappa shape index (κ1) is 12.7. The highest BCUT2D eigenvalue weighted by atomic mass is 16.2. The van der Waals surface area contributed by atoms with E-state index in [0.717, 1.165) is 44.3 Å². The molecule has 3 N–H and O–H groups in total. The third-order valence-electron chi connectivity index (χ3n) is 5.01. The largest absolute Gasteiger partial charge is 0.363 e. The van der Waals surface area contributed by atoms with E-state index in [1.165, 1.54) is 0 Å². The normalized spacial score (nSPS) is 34.9. The zero-order valence-corrected chi connectivity index (χ0v) is 11.6. The van der Waals surface area contributed by atoms with E-state index in [0.29, 0.717) is 0 Å². The number of amides is 1. The van der Waals surface area contributed by atoms with Gasteiger partial charge in [0.2, 0.25) is 5.91 Å². The van der Waals surface area contributed by atoms with Crippen LogP contribution in [0.4, 0.5) is 0 Å². The highest BCUT2D eigenvalue weighted by Crippen LogP contribution is 2.42. The molecule has 1 aromatic rings. The maximum atomic E-state index is 12.9. The molecule has 0 spiro atoms. The Hall–Kier alpha value is -1.29. The minimum atomic E-state index is -0.352. The van der Waals surface area contributed by atoms with Gasteiger partial charge in [-0.25, -0.2) is 0 Å². The van der Waals surface area contributed by atoms with Crippen molar-refractivity contribution < 1.29 is 4.79 Å². The van der Waals surface area contributed by atoms with Crippen LogP contribution in [-0.2, 0) is 4.79 Å². The fourth-order valence-corrected chi connectivity index (χ4v) is 3.67. The molecule has 1 amide bonds. The summed E-state index contributed by atoms with van der Waals surface area (Å²) in [7, 11) is 0. The van der Waals surface area contributed by atoms with Gasteiger partial charge < -0.3 is 15.6 Å². The summed E-state index contributed by atoms with van der Waals surface area (Å²) in [5.74, 6) is 0.259. The van der Waals surface area contributed by atoms with Crippen LogP contribution in [0, 0.1) is 5.41 Å². The van der Waals surface area contributed by atoms with Crippen LogP contribution in [0.15, 0.2) is 18.3 Å². The van der Waals surface area contributed by atoms with E-state index in [9.17, 15) is 4.79 Å². The summed E-state index contributed by atoms with van der Waals surface area (Å²) in [5.41, 5.74) is 6.99. The lowest BCUT2D eigenvalue weighted by Crippen LogP contribution is -2.49. The molecule has 2 fully saturated rings. The van der Waals surface area contributed by atoms with Crippen LogP contribution in [0.5, 0.6) is 0 Å². The molecule has 1 aromatic heterocycles. The number of H-pyrrole nitrogens is 1. The summed E-state index contributed by atoms with van der Waals surface area (Å²) in [6.45, 7) is 2.92. The summed E-state index contributed by atoms with van der Waals surface area (Å²) in [6, 6.07) is 4.31. The molecule has 3 unspecified atom stereocenters. The highest BCUT2D eigenvalue weighted by Gasteiger charge is 2.47. The lowest BCUT2D eigenvalue weighted by atomic mass is 9.83. The van der Waals surface area contributed by atoms with Crippen LogP contribution in [0.25, 0.3) is 0 Å². The molecule has 104 valence electrons. The van der Waals surface area contributed by atoms with E-state index >= 15 is 0 Å². The van der Waals surface area contributed by atoms with Gasteiger partial charge in [-0.2, -0.15) is 0 Å². The van der Waals surface area contributed by atoms with Gasteiger partial charge in [-0.1, -0.05) is 6.42 Å². The smallest absolute Gasteiger partial charge is 0.230 e. The number of hydrogen-bond acceptors (Lipinski definition) is 2. The maximum Gasteiger partial charge on any atom is 0.230 e. The number of rotatable bonds is 2. The van der Waals surface area contributed by atoms with Crippen LogP contribution < -0.4 is 5.73 Å². The Bertz CT molecular complexity index is 456. The third-order valence-corrected chi connectivity index (χ3v) is 5.01. The Morgan fingerprint density at radius 1 is 1.47 bits per heavy atom. The summed E-state index contributed by atoms with van der Waals surface area (Å²) in [6.07, 6.45) is 7.05. The van der Waals surface area contributed by atoms with Gasteiger partial charge in [0.15, 0.2) is 0 Å². The number of likely N-dealkylation sites (tertiary alicyclic amines) is 1. The van der Waals surface area contributed by atoms with Crippen molar-refractivity contribution in [2.45, 2.75) is 51.1 Å². The molecule has 19 heavy (non-hydrogen) atoms. The molecular formula is C15H23N3O. The second-order valence-corrected chi connectivity index (χ2v) is 6.20. The average Bonchev–Trinajstić information content (AvgIpc) is 3.10. The lowest BCUT2D eigenvalue weighted by molar-refractivity contribution is -0.142. The molecule has 2 heterocycles. The van der Waals surface area contributed by atoms with Crippen molar-refractivity contribution in [1.29, 1.82) is 0 Å². The van der Waals surface area contributed by atoms with Crippen LogP contribution >= 0.6 is 0 Å². The maximum absolute atomic E-state index is 12.9. The molecule has 1 saturated heterocycles. The molecule has 1 aliphatic heterocycles. The number of aromatic amines is 1. The van der Waals surface area contributed by atoms with E-state index in [1.807, 2.05) is 12.3 Å². The highest BCUT2D eigenvalue weighted by molar-refractivity contribution is 5.84. The predicted octanol–water partition coefficient (Wildman–Crippen LogP) is 2.20. The standard InChI is InChI=1S/C15H23N3O/c1-15(8-2-7-13(15)16)14(19)18-10-4-6-12(18)11-5-3-9-17-11/h3,5,9,12-13,17H,2,4,6-8,10,16H2,1H3. The van der Waals surface area contributed by atoms with Crippen molar-refractivity contribution in [3.63, 3.8) is 0 Å². The van der Waals surface area contributed by atoms with Gasteiger partial charge in [0.05, 0.1) is 11.5 Å². The zero-order chi connectivity index (χ0) is 13.5. The average molecular weight is 261 g/mol. The molecule has 1 saturated carbocycles. The van der Waals surface area contributed by atoms with E-state index in [4.69, 9.17) is 5.73 Å². The van der Waals surface area contributed by atoms with E-state index in [2.05, 4.69) is 22.9 Å². The van der Waals surface area contributed by atoms with Crippen LogP contribution in [0.2, 0.25) is 0 Å². The number of hydrogen-bond donors (Lipinski definition) is 2. The van der Waals surface area contributed by atoms with Crippen molar-refractivity contribution in [3.05, 3.63) is 24.0 Å². The van der Waals surface area contributed by atoms with Gasteiger partial charge in [-0.3, -0.25) is 4.79 Å². The Morgan fingerprint density at radius 3 is 2.95 bits per heavy atom. The first-order valence-electron chi connectivity index (χ1n) is 7.33. The topological polar surface area (TPSA) is 62.1 Å². The molecule has 0 radical (unpaired) electrons. The van der Waals surface area contributed by atoms with E-state index < -0.39 is 0 Å². The quantitative estimate of drug-likeness (QED) is 0.857. The SMILES string of the molecule is CC1(C(=O)N2CCCC2c2ccc[nH]2)CCCC1N. The Labute approximate surface area is 114 Å². The first-order valence-corrected chi connectivity index (χ1v) is 7.33. The summed E-state index contributed by atoms with van der Waals surface area (Å²) < 4.78 is 0. The molecule has 3 atom stereocenters. The molecular weight excluding hydrogens is 238 g/mol. The molecule has 0 bridgehead atoms. The second kappa shape index (κ2) is 4.67. The lowest BCUT2D eigenvalue weighted by Gasteiger charge is -2.35. The Balaban J connectivity index is 1.83. The van der Waals surface area contributed by atoms with Crippen LogP contribution in [0.1, 0.15) is 50.8 Å². The molecule has 3 rings (SSSR count). The fourth-order valence-electron chi connectivity index (χ4n) is 3.67. The molecule has 4 nitrogen and oxygen atoms in total. The molecule has 2 aliphatic rings. The summed E-state index contributed by atoms with van der Waals surface area (Å²) >= 11 is 0.